The van der Waals surface area contributed by atoms with Gasteiger partial charge in [0.25, 0.3) is 0 Å². The number of benzene rings is 2. The number of anilines is 2. The largest absolute Gasteiger partial charge is 0.369 e. The fourth-order valence-corrected chi connectivity index (χ4v) is 3.96. The van der Waals surface area contributed by atoms with Gasteiger partial charge in [0.1, 0.15) is 6.07 Å². The van der Waals surface area contributed by atoms with Crippen molar-refractivity contribution in [1.29, 1.82) is 10.5 Å². The van der Waals surface area contributed by atoms with Gasteiger partial charge in [0.2, 0.25) is 5.91 Å². The van der Waals surface area contributed by atoms with Crippen LogP contribution in [0, 0.1) is 29.6 Å². The van der Waals surface area contributed by atoms with Gasteiger partial charge >= 0.3 is 0 Å². The Bertz CT molecular complexity index is 1010. The van der Waals surface area contributed by atoms with Gasteiger partial charge in [-0.1, -0.05) is 23.7 Å². The second kappa shape index (κ2) is 10.8. The zero-order valence-electron chi connectivity index (χ0n) is 17.7. The van der Waals surface area contributed by atoms with E-state index in [1.54, 1.807) is 11.0 Å². The molecule has 0 atom stereocenters. The Kier molecular flexibility index (Phi) is 7.89. The summed E-state index contributed by atoms with van der Waals surface area (Å²) < 4.78 is 0. The quantitative estimate of drug-likeness (QED) is 0.686. The van der Waals surface area contributed by atoms with E-state index in [9.17, 15) is 10.1 Å². The Balaban J connectivity index is 1.68. The molecule has 0 unspecified atom stereocenters. The Morgan fingerprint density at radius 1 is 1.13 bits per heavy atom. The molecule has 2 aromatic rings. The van der Waals surface area contributed by atoms with Crippen LogP contribution in [-0.2, 0) is 4.79 Å². The summed E-state index contributed by atoms with van der Waals surface area (Å²) in [6.07, 6.45) is 1.18. The minimum absolute atomic E-state index is 0.0251. The fourth-order valence-electron chi connectivity index (χ4n) is 3.85. The van der Waals surface area contributed by atoms with Gasteiger partial charge in [-0.25, -0.2) is 0 Å². The van der Waals surface area contributed by atoms with Crippen LogP contribution in [-0.4, -0.2) is 50.1 Å². The number of rotatable bonds is 6. The van der Waals surface area contributed by atoms with E-state index in [1.165, 1.54) is 0 Å². The summed E-state index contributed by atoms with van der Waals surface area (Å²) in [6, 6.07) is 17.5. The minimum atomic E-state index is -0.0251. The highest BCUT2D eigenvalue weighted by Crippen LogP contribution is 2.24. The van der Waals surface area contributed by atoms with Gasteiger partial charge in [0.15, 0.2) is 0 Å². The molecule has 1 fully saturated rings. The summed E-state index contributed by atoms with van der Waals surface area (Å²) in [5.74, 6) is -0.0251. The molecule has 1 heterocycles. The molecule has 1 saturated heterocycles. The molecule has 0 aliphatic carbocycles. The van der Waals surface area contributed by atoms with Crippen LogP contribution in [0.1, 0.15) is 24.0 Å². The van der Waals surface area contributed by atoms with E-state index in [1.807, 2.05) is 43.3 Å². The maximum absolute atomic E-state index is 13.2. The number of halogens is 1. The molecular formula is C24H26ClN5O. The van der Waals surface area contributed by atoms with E-state index < -0.39 is 0 Å². The zero-order chi connectivity index (χ0) is 22.2. The van der Waals surface area contributed by atoms with Crippen LogP contribution >= 0.6 is 11.6 Å². The van der Waals surface area contributed by atoms with Crippen molar-refractivity contribution in [3.63, 3.8) is 0 Å². The molecular weight excluding hydrogens is 410 g/mol. The van der Waals surface area contributed by atoms with Crippen LogP contribution in [0.25, 0.3) is 0 Å². The van der Waals surface area contributed by atoms with Crippen molar-refractivity contribution in [3.8, 4) is 12.1 Å². The van der Waals surface area contributed by atoms with Crippen molar-refractivity contribution in [2.45, 2.75) is 19.8 Å². The highest BCUT2D eigenvalue weighted by Gasteiger charge is 2.22. The SMILES string of the molecule is Cc1cc(N(CCC#N)C(=O)CN2CCCN(c3ccccc3C#N)CC2)ccc1Cl. The molecule has 0 spiro atoms. The maximum atomic E-state index is 13.2. The summed E-state index contributed by atoms with van der Waals surface area (Å²) in [6.45, 7) is 5.69. The second-order valence-corrected chi connectivity index (χ2v) is 8.04. The number of nitriles is 2. The molecule has 0 bridgehead atoms. The standard InChI is InChI=1S/C24H26ClN5O/c1-19-16-21(8-9-22(19)25)30(13-4-10-26)24(31)18-28-11-5-12-29(15-14-28)23-7-3-2-6-20(23)17-27/h2-3,6-9,16H,4-5,11-15,18H2,1H3. The van der Waals surface area contributed by atoms with Crippen LogP contribution in [0.4, 0.5) is 11.4 Å². The Morgan fingerprint density at radius 3 is 2.68 bits per heavy atom. The van der Waals surface area contributed by atoms with Gasteiger partial charge in [-0.2, -0.15) is 10.5 Å². The first-order valence-corrected chi connectivity index (χ1v) is 10.8. The normalized spacial score (nSPS) is 14.4. The molecule has 1 aliphatic heterocycles. The third-order valence-electron chi connectivity index (χ3n) is 5.51. The Hall–Kier alpha value is -3.06. The number of hydrogen-bond acceptors (Lipinski definition) is 5. The smallest absolute Gasteiger partial charge is 0.241 e. The van der Waals surface area contributed by atoms with Crippen LogP contribution in [0.15, 0.2) is 42.5 Å². The number of para-hydroxylation sites is 1. The molecule has 1 aliphatic rings. The lowest BCUT2D eigenvalue weighted by atomic mass is 10.1. The van der Waals surface area contributed by atoms with Gasteiger partial charge in [0.05, 0.1) is 30.3 Å². The van der Waals surface area contributed by atoms with Crippen molar-refractivity contribution >= 4 is 28.9 Å². The summed E-state index contributed by atoms with van der Waals surface area (Å²) in [7, 11) is 0. The van der Waals surface area contributed by atoms with Crippen LogP contribution in [0.2, 0.25) is 5.02 Å². The van der Waals surface area contributed by atoms with E-state index in [4.69, 9.17) is 16.9 Å². The number of aryl methyl sites for hydroxylation is 1. The summed E-state index contributed by atoms with van der Waals surface area (Å²) in [4.78, 5) is 19.2. The first kappa shape index (κ1) is 22.6. The van der Waals surface area contributed by atoms with Crippen molar-refractivity contribution in [2.75, 3.05) is 49.1 Å². The average Bonchev–Trinajstić information content (AvgIpc) is 3.01. The molecule has 6 nitrogen and oxygen atoms in total. The van der Waals surface area contributed by atoms with E-state index >= 15 is 0 Å². The first-order chi connectivity index (χ1) is 15.0. The monoisotopic (exact) mass is 435 g/mol. The van der Waals surface area contributed by atoms with E-state index in [2.05, 4.69) is 21.9 Å². The maximum Gasteiger partial charge on any atom is 0.241 e. The molecule has 31 heavy (non-hydrogen) atoms. The van der Waals surface area contributed by atoms with E-state index in [0.717, 1.165) is 49.5 Å². The van der Waals surface area contributed by atoms with Crippen LogP contribution in [0.5, 0.6) is 0 Å². The summed E-state index contributed by atoms with van der Waals surface area (Å²) in [5, 5.41) is 19.1. The van der Waals surface area contributed by atoms with Crippen molar-refractivity contribution in [1.82, 2.24) is 4.90 Å². The number of carbonyl (C=O) groups is 1. The summed E-state index contributed by atoms with van der Waals surface area (Å²) in [5.41, 5.74) is 3.29. The van der Waals surface area contributed by atoms with Crippen LogP contribution < -0.4 is 9.80 Å². The lowest BCUT2D eigenvalue weighted by Gasteiger charge is -2.27. The predicted molar refractivity (Wildman–Crippen MR) is 123 cm³/mol. The molecule has 0 N–H and O–H groups in total. The van der Waals surface area contributed by atoms with Crippen molar-refractivity contribution < 1.29 is 4.79 Å². The number of nitrogens with zero attached hydrogens (tertiary/aromatic N) is 5. The molecule has 1 amide bonds. The third-order valence-corrected chi connectivity index (χ3v) is 5.94. The Morgan fingerprint density at radius 2 is 1.94 bits per heavy atom. The molecule has 160 valence electrons. The highest BCUT2D eigenvalue weighted by atomic mass is 35.5. The van der Waals surface area contributed by atoms with E-state index in [-0.39, 0.29) is 12.3 Å². The lowest BCUT2D eigenvalue weighted by molar-refractivity contribution is -0.119. The van der Waals surface area contributed by atoms with Crippen LogP contribution in [0.3, 0.4) is 0 Å². The molecule has 0 radical (unpaired) electrons. The molecule has 3 rings (SSSR count). The number of carbonyl (C=O) groups excluding carboxylic acids is 1. The predicted octanol–water partition coefficient (Wildman–Crippen LogP) is 3.98. The Labute approximate surface area is 188 Å². The van der Waals surface area contributed by atoms with Gasteiger partial charge in [-0.15, -0.1) is 0 Å². The molecule has 0 saturated carbocycles. The van der Waals surface area contributed by atoms with Gasteiger partial charge in [-0.05, 0) is 49.2 Å². The fraction of sp³-hybridized carbons (Fsp3) is 0.375. The lowest BCUT2D eigenvalue weighted by Crippen LogP contribution is -2.42. The number of hydrogen-bond donors (Lipinski definition) is 0. The topological polar surface area (TPSA) is 74.4 Å². The third kappa shape index (κ3) is 5.76. The first-order valence-electron chi connectivity index (χ1n) is 10.4. The zero-order valence-corrected chi connectivity index (χ0v) is 18.5. The van der Waals surface area contributed by atoms with Crippen molar-refractivity contribution in [3.05, 3.63) is 58.6 Å². The highest BCUT2D eigenvalue weighted by molar-refractivity contribution is 6.31. The van der Waals surface area contributed by atoms with Gasteiger partial charge < -0.3 is 9.80 Å². The molecule has 7 heteroatoms. The van der Waals surface area contributed by atoms with Crippen molar-refractivity contribution in [2.24, 2.45) is 0 Å². The second-order valence-electron chi connectivity index (χ2n) is 7.63. The number of amides is 1. The van der Waals surface area contributed by atoms with Gasteiger partial charge in [-0.3, -0.25) is 9.69 Å². The molecule has 0 aromatic heterocycles. The minimum Gasteiger partial charge on any atom is -0.369 e. The average molecular weight is 436 g/mol. The van der Waals surface area contributed by atoms with Gasteiger partial charge in [0, 0.05) is 43.4 Å². The summed E-state index contributed by atoms with van der Waals surface area (Å²) >= 11 is 6.14. The van der Waals surface area contributed by atoms with E-state index in [0.29, 0.717) is 23.7 Å². The molecule has 2 aromatic carbocycles.